The van der Waals surface area contributed by atoms with Gasteiger partial charge in [0.2, 0.25) is 0 Å². The van der Waals surface area contributed by atoms with Gasteiger partial charge in [-0.2, -0.15) is 0 Å². The fourth-order valence-corrected chi connectivity index (χ4v) is 1.56. The summed E-state index contributed by atoms with van der Waals surface area (Å²) in [7, 11) is 4.18. The molecule has 1 saturated carbocycles. The summed E-state index contributed by atoms with van der Waals surface area (Å²) in [4.78, 5) is 2.21. The van der Waals surface area contributed by atoms with Crippen LogP contribution in [0, 0.1) is 6.20 Å². The summed E-state index contributed by atoms with van der Waals surface area (Å²) < 4.78 is 0. The summed E-state index contributed by atoms with van der Waals surface area (Å²) in [5.74, 6) is 0. The van der Waals surface area contributed by atoms with E-state index in [2.05, 4.69) is 25.2 Å². The Balaban J connectivity index is 2.59. The van der Waals surface area contributed by atoms with Gasteiger partial charge in [0, 0.05) is 6.04 Å². The van der Waals surface area contributed by atoms with Crippen molar-refractivity contribution in [3.63, 3.8) is 0 Å². The molecule has 2 N–H and O–H groups in total. The minimum absolute atomic E-state index is 0.560. The Labute approximate surface area is 62.7 Å². The zero-order valence-corrected chi connectivity index (χ0v) is 6.72. The van der Waals surface area contributed by atoms with Gasteiger partial charge in [0.1, 0.15) is 0 Å². The molecule has 1 unspecified atom stereocenters. The quantitative estimate of drug-likeness (QED) is 0.543. The minimum atomic E-state index is 0.560. The number of hydrogen-bond acceptors (Lipinski definition) is 2. The second-order valence-corrected chi connectivity index (χ2v) is 3.04. The third-order valence-corrected chi connectivity index (χ3v) is 2.13. The van der Waals surface area contributed by atoms with Crippen LogP contribution < -0.4 is 5.73 Å². The topological polar surface area (TPSA) is 29.3 Å². The second-order valence-electron chi connectivity index (χ2n) is 3.04. The third-order valence-electron chi connectivity index (χ3n) is 2.13. The molecular formula is C8H15N2. The van der Waals surface area contributed by atoms with Crippen LogP contribution in [0.25, 0.3) is 0 Å². The fourth-order valence-electron chi connectivity index (χ4n) is 1.56. The number of nitrogens with zero attached hydrogens (tertiary/aromatic N) is 1. The Bertz CT molecular complexity index is 138. The maximum absolute atomic E-state index is 5.35. The summed E-state index contributed by atoms with van der Waals surface area (Å²) in [5.41, 5.74) is 6.63. The Hall–Kier alpha value is -0.500. The lowest BCUT2D eigenvalue weighted by molar-refractivity contribution is 0.334. The van der Waals surface area contributed by atoms with Crippen LogP contribution >= 0.6 is 0 Å². The summed E-state index contributed by atoms with van der Waals surface area (Å²) in [6.07, 6.45) is 6.42. The van der Waals surface area contributed by atoms with Gasteiger partial charge in [-0.3, -0.25) is 0 Å². The molecular weight excluding hydrogens is 124 g/mol. The van der Waals surface area contributed by atoms with Crippen molar-refractivity contribution >= 4 is 0 Å². The summed E-state index contributed by atoms with van der Waals surface area (Å²) in [6.45, 7) is 0. The van der Waals surface area contributed by atoms with Gasteiger partial charge in [0.15, 0.2) is 0 Å². The SMILES string of the molecule is CN(C)C1CCC/C1=[C]/N. The number of likely N-dealkylation sites (N-methyl/N-ethyl adjacent to an activating group) is 1. The average molecular weight is 139 g/mol. The predicted octanol–water partition coefficient (Wildman–Crippen LogP) is 0.746. The van der Waals surface area contributed by atoms with Crippen LogP contribution in [-0.4, -0.2) is 25.0 Å². The summed E-state index contributed by atoms with van der Waals surface area (Å²) in [5, 5.41) is 0. The smallest absolute Gasteiger partial charge is 0.0555 e. The highest BCUT2D eigenvalue weighted by Crippen LogP contribution is 2.26. The molecule has 0 aromatic rings. The monoisotopic (exact) mass is 139 g/mol. The van der Waals surface area contributed by atoms with Crippen LogP contribution in [0.3, 0.4) is 0 Å². The molecule has 0 aromatic heterocycles. The van der Waals surface area contributed by atoms with Crippen molar-refractivity contribution in [2.24, 2.45) is 5.73 Å². The lowest BCUT2D eigenvalue weighted by Gasteiger charge is -2.19. The summed E-state index contributed by atoms with van der Waals surface area (Å²) >= 11 is 0. The summed E-state index contributed by atoms with van der Waals surface area (Å²) in [6, 6.07) is 0.560. The van der Waals surface area contributed by atoms with E-state index in [1.54, 1.807) is 0 Å². The molecule has 1 rings (SSSR count). The van der Waals surface area contributed by atoms with Gasteiger partial charge in [0.05, 0.1) is 6.20 Å². The van der Waals surface area contributed by atoms with Gasteiger partial charge in [-0.15, -0.1) is 0 Å². The molecule has 2 nitrogen and oxygen atoms in total. The molecule has 0 saturated heterocycles. The second kappa shape index (κ2) is 3.06. The van der Waals surface area contributed by atoms with Gasteiger partial charge in [-0.1, -0.05) is 0 Å². The highest BCUT2D eigenvalue weighted by Gasteiger charge is 2.21. The standard InChI is InChI=1S/C8H15N2/c1-10(2)8-5-3-4-7(8)6-9/h8H,3-5,9H2,1-2H3. The third kappa shape index (κ3) is 1.32. The van der Waals surface area contributed by atoms with E-state index in [1.807, 2.05) is 0 Å². The first-order valence-electron chi connectivity index (χ1n) is 3.74. The molecule has 0 bridgehead atoms. The maximum atomic E-state index is 5.35. The van der Waals surface area contributed by atoms with E-state index in [0.29, 0.717) is 6.04 Å². The van der Waals surface area contributed by atoms with Crippen LogP contribution in [-0.2, 0) is 0 Å². The van der Waals surface area contributed by atoms with E-state index in [1.165, 1.54) is 18.4 Å². The molecule has 0 heterocycles. The molecule has 1 fully saturated rings. The molecule has 1 aliphatic carbocycles. The van der Waals surface area contributed by atoms with Crippen molar-refractivity contribution in [1.82, 2.24) is 4.90 Å². The average Bonchev–Trinajstić information content (AvgIpc) is 2.33. The van der Waals surface area contributed by atoms with E-state index < -0.39 is 0 Å². The van der Waals surface area contributed by atoms with Crippen molar-refractivity contribution in [3.05, 3.63) is 11.8 Å². The van der Waals surface area contributed by atoms with Gasteiger partial charge in [-0.05, 0) is 38.9 Å². The molecule has 1 radical (unpaired) electrons. The molecule has 0 spiro atoms. The molecule has 2 heteroatoms. The van der Waals surface area contributed by atoms with Crippen molar-refractivity contribution < 1.29 is 0 Å². The Morgan fingerprint density at radius 3 is 2.70 bits per heavy atom. The number of hydrogen-bond donors (Lipinski definition) is 1. The van der Waals surface area contributed by atoms with E-state index in [9.17, 15) is 0 Å². The van der Waals surface area contributed by atoms with Crippen LogP contribution in [0.15, 0.2) is 5.57 Å². The van der Waals surface area contributed by atoms with E-state index >= 15 is 0 Å². The predicted molar refractivity (Wildman–Crippen MR) is 42.3 cm³/mol. The molecule has 0 amide bonds. The molecule has 10 heavy (non-hydrogen) atoms. The molecule has 0 aromatic carbocycles. The van der Waals surface area contributed by atoms with Gasteiger partial charge in [-0.25, -0.2) is 0 Å². The van der Waals surface area contributed by atoms with Gasteiger partial charge < -0.3 is 10.6 Å². The van der Waals surface area contributed by atoms with Crippen molar-refractivity contribution in [2.45, 2.75) is 25.3 Å². The number of rotatable bonds is 1. The first-order valence-corrected chi connectivity index (χ1v) is 3.74. The van der Waals surface area contributed by atoms with Crippen molar-refractivity contribution in [3.8, 4) is 0 Å². The van der Waals surface area contributed by atoms with Crippen LogP contribution in [0.1, 0.15) is 19.3 Å². The molecule has 1 atom stereocenters. The van der Waals surface area contributed by atoms with Crippen LogP contribution in [0.2, 0.25) is 0 Å². The van der Waals surface area contributed by atoms with E-state index in [4.69, 9.17) is 5.73 Å². The molecule has 1 aliphatic rings. The van der Waals surface area contributed by atoms with E-state index in [0.717, 1.165) is 6.42 Å². The lowest BCUT2D eigenvalue weighted by atomic mass is 10.1. The van der Waals surface area contributed by atoms with Gasteiger partial charge >= 0.3 is 0 Å². The van der Waals surface area contributed by atoms with Crippen LogP contribution in [0.4, 0.5) is 0 Å². The first-order chi connectivity index (χ1) is 4.75. The Morgan fingerprint density at radius 1 is 1.60 bits per heavy atom. The van der Waals surface area contributed by atoms with Crippen LogP contribution in [0.5, 0.6) is 0 Å². The molecule has 57 valence electrons. The zero-order chi connectivity index (χ0) is 7.56. The Kier molecular flexibility index (Phi) is 2.33. The maximum Gasteiger partial charge on any atom is 0.0555 e. The highest BCUT2D eigenvalue weighted by atomic mass is 15.1. The lowest BCUT2D eigenvalue weighted by Crippen LogP contribution is -2.26. The van der Waals surface area contributed by atoms with Gasteiger partial charge in [0.25, 0.3) is 0 Å². The zero-order valence-electron chi connectivity index (χ0n) is 6.72. The minimum Gasteiger partial charge on any atom is -0.397 e. The normalized spacial score (nSPS) is 30.3. The van der Waals surface area contributed by atoms with Crippen molar-refractivity contribution in [1.29, 1.82) is 0 Å². The molecule has 0 aliphatic heterocycles. The van der Waals surface area contributed by atoms with E-state index in [-0.39, 0.29) is 0 Å². The highest BCUT2D eigenvalue weighted by molar-refractivity contribution is 5.10. The van der Waals surface area contributed by atoms with Crippen molar-refractivity contribution in [2.75, 3.05) is 14.1 Å². The first kappa shape index (κ1) is 7.61. The largest absolute Gasteiger partial charge is 0.397 e. The Morgan fingerprint density at radius 2 is 2.30 bits per heavy atom. The number of nitrogens with two attached hydrogens (primary N) is 1. The fraction of sp³-hybridized carbons (Fsp3) is 0.750.